The summed E-state index contributed by atoms with van der Waals surface area (Å²) >= 11 is 5.57. The molecule has 0 saturated heterocycles. The van der Waals surface area contributed by atoms with Crippen molar-refractivity contribution in [3.8, 4) is 11.6 Å². The Hall–Kier alpha value is -2.21. The first-order valence-electron chi connectivity index (χ1n) is 5.21. The number of non-ortho nitro benzene ring substituents is 1. The summed E-state index contributed by atoms with van der Waals surface area (Å²) in [4.78, 5) is 13.8. The van der Waals surface area contributed by atoms with E-state index >= 15 is 0 Å². The number of nitrogens with zero attached hydrogens (tertiary/aromatic N) is 2. The molecule has 0 radical (unpaired) electrons. The maximum absolute atomic E-state index is 13.5. The van der Waals surface area contributed by atoms with E-state index in [1.807, 2.05) is 0 Å². The van der Waals surface area contributed by atoms with Gasteiger partial charge in [-0.1, -0.05) is 11.6 Å². The molecule has 0 aliphatic heterocycles. The number of halogens is 2. The van der Waals surface area contributed by atoms with E-state index in [1.165, 1.54) is 24.4 Å². The molecule has 0 atom stereocenters. The second kappa shape index (κ2) is 5.19. The van der Waals surface area contributed by atoms with Crippen LogP contribution in [0.15, 0.2) is 30.5 Å². The zero-order valence-electron chi connectivity index (χ0n) is 9.76. The summed E-state index contributed by atoms with van der Waals surface area (Å²) in [5.41, 5.74) is 0.444. The maximum Gasteiger partial charge on any atom is 0.269 e. The predicted molar refractivity (Wildman–Crippen MR) is 67.1 cm³/mol. The molecule has 0 aliphatic carbocycles. The molecule has 1 aromatic heterocycles. The summed E-state index contributed by atoms with van der Waals surface area (Å²) in [5, 5.41) is 10.7. The van der Waals surface area contributed by atoms with Crippen LogP contribution in [0.3, 0.4) is 0 Å². The highest BCUT2D eigenvalue weighted by Crippen LogP contribution is 2.29. The van der Waals surface area contributed by atoms with Gasteiger partial charge in [-0.25, -0.2) is 9.37 Å². The molecule has 98 valence electrons. The molecule has 0 aliphatic rings. The van der Waals surface area contributed by atoms with Crippen LogP contribution in [0.2, 0.25) is 5.02 Å². The third-order valence-electron chi connectivity index (χ3n) is 2.35. The lowest BCUT2D eigenvalue weighted by molar-refractivity contribution is -0.384. The second-order valence-corrected chi connectivity index (χ2v) is 4.19. The monoisotopic (exact) mass is 282 g/mol. The van der Waals surface area contributed by atoms with Gasteiger partial charge in [0.2, 0.25) is 0 Å². The Kier molecular flexibility index (Phi) is 3.62. The Morgan fingerprint density at radius 2 is 2.16 bits per heavy atom. The highest BCUT2D eigenvalue weighted by Gasteiger charge is 2.12. The topological polar surface area (TPSA) is 65.3 Å². The van der Waals surface area contributed by atoms with Gasteiger partial charge in [0.1, 0.15) is 5.75 Å². The van der Waals surface area contributed by atoms with Crippen LogP contribution < -0.4 is 4.74 Å². The molecule has 0 N–H and O–H groups in total. The van der Waals surface area contributed by atoms with Crippen LogP contribution in [0.25, 0.3) is 0 Å². The molecule has 0 saturated carbocycles. The minimum Gasteiger partial charge on any atom is -0.436 e. The molecule has 7 heteroatoms. The number of benzene rings is 1. The molecular formula is C12H8ClFN2O3. The van der Waals surface area contributed by atoms with Crippen molar-refractivity contribution in [3.05, 3.63) is 57.0 Å². The number of nitro groups is 1. The van der Waals surface area contributed by atoms with Crippen molar-refractivity contribution in [2.75, 3.05) is 0 Å². The van der Waals surface area contributed by atoms with E-state index in [4.69, 9.17) is 16.3 Å². The van der Waals surface area contributed by atoms with Gasteiger partial charge in [0, 0.05) is 18.3 Å². The van der Waals surface area contributed by atoms with Crippen LogP contribution >= 0.6 is 11.6 Å². The molecule has 0 unspecified atom stereocenters. The number of hydrogen-bond acceptors (Lipinski definition) is 4. The van der Waals surface area contributed by atoms with Gasteiger partial charge in [0.15, 0.2) is 5.82 Å². The molecule has 19 heavy (non-hydrogen) atoms. The lowest BCUT2D eigenvalue weighted by Gasteiger charge is -2.08. The Morgan fingerprint density at radius 1 is 1.42 bits per heavy atom. The maximum atomic E-state index is 13.5. The first-order valence-corrected chi connectivity index (χ1v) is 5.59. The van der Waals surface area contributed by atoms with Crippen LogP contribution in [0, 0.1) is 22.9 Å². The first-order chi connectivity index (χ1) is 8.97. The van der Waals surface area contributed by atoms with Gasteiger partial charge in [0.25, 0.3) is 11.6 Å². The fourth-order valence-corrected chi connectivity index (χ4v) is 1.59. The Morgan fingerprint density at radius 3 is 2.74 bits per heavy atom. The highest BCUT2D eigenvalue weighted by molar-refractivity contribution is 6.30. The van der Waals surface area contributed by atoms with E-state index in [1.54, 1.807) is 6.92 Å². The SMILES string of the molecule is Cc1cc([N+](=O)[O-])ccc1Oc1ncc(Cl)cc1F. The van der Waals surface area contributed by atoms with E-state index in [0.29, 0.717) is 11.3 Å². The van der Waals surface area contributed by atoms with Crippen molar-refractivity contribution in [2.24, 2.45) is 0 Å². The molecule has 0 spiro atoms. The Labute approximate surface area is 112 Å². The summed E-state index contributed by atoms with van der Waals surface area (Å²) in [6, 6.07) is 5.08. The van der Waals surface area contributed by atoms with Crippen molar-refractivity contribution in [3.63, 3.8) is 0 Å². The third kappa shape index (κ3) is 2.97. The summed E-state index contributed by atoms with van der Waals surface area (Å²) in [6.45, 7) is 1.62. The molecule has 2 rings (SSSR count). The molecule has 1 heterocycles. The fraction of sp³-hybridized carbons (Fsp3) is 0.0833. The smallest absolute Gasteiger partial charge is 0.269 e. The van der Waals surface area contributed by atoms with Crippen LogP contribution in [0.5, 0.6) is 11.6 Å². The number of aryl methyl sites for hydroxylation is 1. The third-order valence-corrected chi connectivity index (χ3v) is 2.56. The minimum absolute atomic E-state index is 0.0608. The number of rotatable bonds is 3. The van der Waals surface area contributed by atoms with Crippen LogP contribution in [0.4, 0.5) is 10.1 Å². The Balaban J connectivity index is 2.31. The zero-order valence-corrected chi connectivity index (χ0v) is 10.5. The normalized spacial score (nSPS) is 10.3. The van der Waals surface area contributed by atoms with Gasteiger partial charge < -0.3 is 4.74 Å². The van der Waals surface area contributed by atoms with Gasteiger partial charge >= 0.3 is 0 Å². The average Bonchev–Trinajstić information content (AvgIpc) is 2.34. The van der Waals surface area contributed by atoms with E-state index in [-0.39, 0.29) is 16.6 Å². The largest absolute Gasteiger partial charge is 0.436 e. The van der Waals surface area contributed by atoms with E-state index in [2.05, 4.69) is 4.98 Å². The summed E-state index contributed by atoms with van der Waals surface area (Å²) < 4.78 is 18.8. The standard InChI is InChI=1S/C12H8ClFN2O3/c1-7-4-9(16(17)18)2-3-11(7)19-12-10(14)5-8(13)6-15-12/h2-6H,1H3. The summed E-state index contributed by atoms with van der Waals surface area (Å²) in [7, 11) is 0. The number of aromatic nitrogens is 1. The van der Waals surface area contributed by atoms with Crippen molar-refractivity contribution in [1.82, 2.24) is 4.98 Å². The molecule has 0 bridgehead atoms. The number of hydrogen-bond donors (Lipinski definition) is 0. The molecular weight excluding hydrogens is 275 g/mol. The van der Waals surface area contributed by atoms with Crippen LogP contribution in [-0.4, -0.2) is 9.91 Å². The fourth-order valence-electron chi connectivity index (χ4n) is 1.44. The quantitative estimate of drug-likeness (QED) is 0.633. The highest BCUT2D eigenvalue weighted by atomic mass is 35.5. The van der Waals surface area contributed by atoms with E-state index in [0.717, 1.165) is 6.07 Å². The van der Waals surface area contributed by atoms with Crippen molar-refractivity contribution >= 4 is 17.3 Å². The van der Waals surface area contributed by atoms with Gasteiger partial charge in [-0.15, -0.1) is 0 Å². The summed E-state index contributed by atoms with van der Waals surface area (Å²) in [5.74, 6) is -0.647. The second-order valence-electron chi connectivity index (χ2n) is 3.75. The first kappa shape index (κ1) is 13.2. The minimum atomic E-state index is -0.703. The zero-order chi connectivity index (χ0) is 14.0. The van der Waals surface area contributed by atoms with Crippen molar-refractivity contribution in [1.29, 1.82) is 0 Å². The number of pyridine rings is 1. The summed E-state index contributed by atoms with van der Waals surface area (Å²) in [6.07, 6.45) is 1.25. The molecule has 2 aromatic rings. The van der Waals surface area contributed by atoms with Gasteiger partial charge in [-0.2, -0.15) is 0 Å². The van der Waals surface area contributed by atoms with E-state index in [9.17, 15) is 14.5 Å². The van der Waals surface area contributed by atoms with Gasteiger partial charge in [0.05, 0.1) is 9.95 Å². The van der Waals surface area contributed by atoms with Gasteiger partial charge in [-0.3, -0.25) is 10.1 Å². The Bertz CT molecular complexity index is 649. The average molecular weight is 283 g/mol. The van der Waals surface area contributed by atoms with Crippen molar-refractivity contribution in [2.45, 2.75) is 6.92 Å². The van der Waals surface area contributed by atoms with Crippen LogP contribution in [-0.2, 0) is 0 Å². The van der Waals surface area contributed by atoms with E-state index < -0.39 is 10.7 Å². The van der Waals surface area contributed by atoms with Gasteiger partial charge in [-0.05, 0) is 24.6 Å². The van der Waals surface area contributed by atoms with Crippen molar-refractivity contribution < 1.29 is 14.1 Å². The molecule has 0 fully saturated rings. The molecule has 5 nitrogen and oxygen atoms in total. The lowest BCUT2D eigenvalue weighted by Crippen LogP contribution is -1.95. The molecule has 1 aromatic carbocycles. The molecule has 0 amide bonds. The van der Waals surface area contributed by atoms with Crippen LogP contribution in [0.1, 0.15) is 5.56 Å². The number of ether oxygens (including phenoxy) is 1. The lowest BCUT2D eigenvalue weighted by atomic mass is 10.2. The number of nitro benzene ring substituents is 1. The predicted octanol–water partition coefficient (Wildman–Crippen LogP) is 3.88.